The average Bonchev–Trinajstić information content (AvgIpc) is 2.92. The number of hydrazine groups is 1. The molecule has 1 unspecified atom stereocenters. The highest BCUT2D eigenvalue weighted by Crippen LogP contribution is 2.27. The second-order valence-corrected chi connectivity index (χ2v) is 5.01. The average molecular weight is 277 g/mol. The number of nitrogens with two attached hydrogens (primary N) is 1. The molecule has 3 N–H and O–H groups in total. The molecule has 0 amide bonds. The molecule has 0 aliphatic rings. The number of hydrogen-bond donors (Lipinski definition) is 2. The quantitative estimate of drug-likeness (QED) is 0.478. The molecule has 1 aromatic carbocycles. The summed E-state index contributed by atoms with van der Waals surface area (Å²) >= 11 is 1.72. The van der Waals surface area contributed by atoms with E-state index in [9.17, 15) is 0 Å². The van der Waals surface area contributed by atoms with Gasteiger partial charge in [0.1, 0.15) is 12.2 Å². The van der Waals surface area contributed by atoms with Crippen LogP contribution in [-0.4, -0.2) is 21.0 Å². The van der Waals surface area contributed by atoms with E-state index in [4.69, 9.17) is 5.84 Å². The van der Waals surface area contributed by atoms with Crippen molar-refractivity contribution in [2.75, 3.05) is 6.26 Å². The first-order chi connectivity index (χ1) is 9.30. The van der Waals surface area contributed by atoms with Crippen molar-refractivity contribution in [2.24, 2.45) is 5.84 Å². The number of benzene rings is 1. The molecule has 2 rings (SSSR count). The predicted molar refractivity (Wildman–Crippen MR) is 77.7 cm³/mol. The Kier molecular flexibility index (Phi) is 4.95. The Labute approximate surface area is 117 Å². The molecule has 0 bridgehead atoms. The summed E-state index contributed by atoms with van der Waals surface area (Å²) < 4.78 is 1.89. The zero-order chi connectivity index (χ0) is 13.7. The van der Waals surface area contributed by atoms with Gasteiger partial charge in [0, 0.05) is 17.9 Å². The Morgan fingerprint density at radius 2 is 2.21 bits per heavy atom. The molecule has 0 aliphatic heterocycles. The summed E-state index contributed by atoms with van der Waals surface area (Å²) in [5.74, 6) is 6.67. The van der Waals surface area contributed by atoms with Gasteiger partial charge in [-0.2, -0.15) is 5.10 Å². The maximum atomic E-state index is 5.72. The Balaban J connectivity index is 2.25. The minimum absolute atomic E-state index is 0.0400. The van der Waals surface area contributed by atoms with Crippen LogP contribution in [0.4, 0.5) is 0 Å². The molecule has 2 aromatic rings. The monoisotopic (exact) mass is 277 g/mol. The van der Waals surface area contributed by atoms with Gasteiger partial charge in [-0.15, -0.1) is 11.8 Å². The van der Waals surface area contributed by atoms with E-state index < -0.39 is 0 Å². The number of rotatable bonds is 6. The van der Waals surface area contributed by atoms with Crippen LogP contribution in [0, 0.1) is 0 Å². The van der Waals surface area contributed by atoms with Crippen molar-refractivity contribution >= 4 is 11.8 Å². The molecule has 0 saturated carbocycles. The zero-order valence-corrected chi connectivity index (χ0v) is 12.0. The minimum atomic E-state index is 0.0400. The highest BCUT2D eigenvalue weighted by molar-refractivity contribution is 7.98. The number of thioether (sulfide) groups is 1. The zero-order valence-electron chi connectivity index (χ0n) is 11.2. The second kappa shape index (κ2) is 6.70. The number of nitrogens with one attached hydrogen (secondary N) is 1. The molecule has 0 fully saturated rings. The van der Waals surface area contributed by atoms with Crippen LogP contribution >= 0.6 is 11.8 Å². The van der Waals surface area contributed by atoms with Crippen molar-refractivity contribution < 1.29 is 0 Å². The van der Waals surface area contributed by atoms with Crippen LogP contribution in [0.3, 0.4) is 0 Å². The van der Waals surface area contributed by atoms with E-state index in [0.717, 1.165) is 18.8 Å². The third kappa shape index (κ3) is 3.15. The van der Waals surface area contributed by atoms with Crippen LogP contribution < -0.4 is 11.3 Å². The highest BCUT2D eigenvalue weighted by atomic mass is 32.2. The molecule has 102 valence electrons. The molecule has 1 atom stereocenters. The third-order valence-electron chi connectivity index (χ3n) is 3.10. The van der Waals surface area contributed by atoms with Gasteiger partial charge in [0.05, 0.1) is 6.04 Å². The van der Waals surface area contributed by atoms with Gasteiger partial charge >= 0.3 is 0 Å². The number of hydrogen-bond acceptors (Lipinski definition) is 5. The van der Waals surface area contributed by atoms with Crippen molar-refractivity contribution in [3.8, 4) is 0 Å². The van der Waals surface area contributed by atoms with Crippen LogP contribution in [0.2, 0.25) is 0 Å². The fourth-order valence-corrected chi connectivity index (χ4v) is 2.77. The predicted octanol–water partition coefficient (Wildman–Crippen LogP) is 1.77. The molecule has 6 heteroatoms. The van der Waals surface area contributed by atoms with Crippen molar-refractivity contribution in [1.82, 2.24) is 20.2 Å². The largest absolute Gasteiger partial charge is 0.271 e. The summed E-state index contributed by atoms with van der Waals surface area (Å²) in [5.41, 5.74) is 4.09. The molecule has 0 spiro atoms. The fourth-order valence-electron chi connectivity index (χ4n) is 2.11. The molecule has 19 heavy (non-hydrogen) atoms. The van der Waals surface area contributed by atoms with Gasteiger partial charge in [-0.1, -0.05) is 18.2 Å². The molecular weight excluding hydrogens is 258 g/mol. The lowest BCUT2D eigenvalue weighted by molar-refractivity contribution is 0.505. The highest BCUT2D eigenvalue weighted by Gasteiger charge is 2.16. The minimum Gasteiger partial charge on any atom is -0.271 e. The number of aryl methyl sites for hydroxylation is 1. The molecular formula is C13H19N5S. The van der Waals surface area contributed by atoms with Crippen LogP contribution in [0.15, 0.2) is 35.5 Å². The van der Waals surface area contributed by atoms with Crippen LogP contribution in [0.25, 0.3) is 0 Å². The molecule has 0 aliphatic carbocycles. The number of nitrogens with zero attached hydrogens (tertiary/aromatic N) is 3. The van der Waals surface area contributed by atoms with E-state index in [2.05, 4.69) is 40.8 Å². The standard InChI is InChI=1S/C13H19N5S/c1-3-18-13(15-9-16-18)8-11(17-14)10-6-4-5-7-12(10)19-2/h4-7,9,11,17H,3,8,14H2,1-2H3. The van der Waals surface area contributed by atoms with Crippen LogP contribution in [0.5, 0.6) is 0 Å². The summed E-state index contributed by atoms with van der Waals surface area (Å²) in [6.45, 7) is 2.87. The van der Waals surface area contributed by atoms with E-state index in [-0.39, 0.29) is 6.04 Å². The van der Waals surface area contributed by atoms with E-state index in [1.54, 1.807) is 18.1 Å². The first kappa shape index (κ1) is 14.0. The van der Waals surface area contributed by atoms with E-state index in [0.29, 0.717) is 0 Å². The van der Waals surface area contributed by atoms with E-state index >= 15 is 0 Å². The molecule has 0 radical (unpaired) electrons. The third-order valence-corrected chi connectivity index (χ3v) is 3.91. The Morgan fingerprint density at radius 1 is 1.42 bits per heavy atom. The maximum absolute atomic E-state index is 5.72. The van der Waals surface area contributed by atoms with E-state index in [1.807, 2.05) is 16.8 Å². The Hall–Kier alpha value is -1.37. The normalized spacial score (nSPS) is 12.6. The van der Waals surface area contributed by atoms with Gasteiger partial charge in [-0.3, -0.25) is 16.0 Å². The van der Waals surface area contributed by atoms with Gasteiger partial charge in [0.15, 0.2) is 0 Å². The molecule has 1 aromatic heterocycles. The van der Waals surface area contributed by atoms with Crippen LogP contribution in [-0.2, 0) is 13.0 Å². The smallest absolute Gasteiger partial charge is 0.138 e. The van der Waals surface area contributed by atoms with Crippen molar-refractivity contribution in [2.45, 2.75) is 30.8 Å². The summed E-state index contributed by atoms with van der Waals surface area (Å²) in [7, 11) is 0. The van der Waals surface area contributed by atoms with Gasteiger partial charge in [-0.05, 0) is 24.8 Å². The molecule has 0 saturated heterocycles. The van der Waals surface area contributed by atoms with Crippen LogP contribution in [0.1, 0.15) is 24.4 Å². The Bertz CT molecular complexity index is 525. The lowest BCUT2D eigenvalue weighted by Crippen LogP contribution is -2.30. The number of aromatic nitrogens is 3. The Morgan fingerprint density at radius 3 is 2.89 bits per heavy atom. The van der Waals surface area contributed by atoms with Crippen molar-refractivity contribution in [3.05, 3.63) is 42.0 Å². The van der Waals surface area contributed by atoms with Gasteiger partial charge in [0.2, 0.25) is 0 Å². The summed E-state index contributed by atoms with van der Waals surface area (Å²) in [4.78, 5) is 5.53. The van der Waals surface area contributed by atoms with Crippen molar-refractivity contribution in [1.29, 1.82) is 0 Å². The lowest BCUT2D eigenvalue weighted by Gasteiger charge is -2.18. The van der Waals surface area contributed by atoms with E-state index in [1.165, 1.54) is 10.5 Å². The first-order valence-electron chi connectivity index (χ1n) is 6.25. The van der Waals surface area contributed by atoms with Gasteiger partial charge in [0.25, 0.3) is 0 Å². The molecule has 1 heterocycles. The summed E-state index contributed by atoms with van der Waals surface area (Å²) in [6.07, 6.45) is 4.38. The fraction of sp³-hybridized carbons (Fsp3) is 0.385. The molecule has 5 nitrogen and oxygen atoms in total. The lowest BCUT2D eigenvalue weighted by atomic mass is 10.0. The summed E-state index contributed by atoms with van der Waals surface area (Å²) in [5, 5.41) is 4.19. The van der Waals surface area contributed by atoms with Crippen molar-refractivity contribution in [3.63, 3.8) is 0 Å². The maximum Gasteiger partial charge on any atom is 0.138 e. The first-order valence-corrected chi connectivity index (χ1v) is 7.48. The van der Waals surface area contributed by atoms with Gasteiger partial charge in [-0.25, -0.2) is 4.98 Å². The second-order valence-electron chi connectivity index (χ2n) is 4.16. The van der Waals surface area contributed by atoms with Gasteiger partial charge < -0.3 is 0 Å². The summed E-state index contributed by atoms with van der Waals surface area (Å²) in [6, 6.07) is 8.32. The SMILES string of the molecule is CCn1ncnc1CC(NN)c1ccccc1SC. The topological polar surface area (TPSA) is 68.8 Å².